The second-order valence-electron chi connectivity index (χ2n) is 5.08. The van der Waals surface area contributed by atoms with Crippen molar-refractivity contribution in [3.8, 4) is 0 Å². The van der Waals surface area contributed by atoms with E-state index in [9.17, 15) is 0 Å². The zero-order valence-electron chi connectivity index (χ0n) is 12.1. The van der Waals surface area contributed by atoms with Crippen LogP contribution in [-0.4, -0.2) is 0 Å². The molecule has 0 amide bonds. The van der Waals surface area contributed by atoms with Crippen molar-refractivity contribution in [2.45, 2.75) is 90.4 Å². The van der Waals surface area contributed by atoms with Gasteiger partial charge in [0.05, 0.1) is 0 Å². The normalized spacial score (nSPS) is 11.4. The van der Waals surface area contributed by atoms with Crippen molar-refractivity contribution in [1.29, 1.82) is 0 Å². The highest BCUT2D eigenvalue weighted by atomic mass is 14.0. The van der Waals surface area contributed by atoms with Crippen molar-refractivity contribution in [2.75, 3.05) is 0 Å². The molecule has 0 nitrogen and oxygen atoms in total. The Kier molecular flexibility index (Phi) is 15.5. The minimum absolute atomic E-state index is 1.07. The summed E-state index contributed by atoms with van der Waals surface area (Å²) in [6.07, 6.45) is 22.4. The summed E-state index contributed by atoms with van der Waals surface area (Å²) >= 11 is 0. The van der Waals surface area contributed by atoms with Gasteiger partial charge in [0, 0.05) is 0 Å². The molecule has 0 heterocycles. The molecule has 0 aliphatic heterocycles. The van der Waals surface area contributed by atoms with E-state index in [2.05, 4.69) is 26.0 Å². The van der Waals surface area contributed by atoms with Crippen molar-refractivity contribution in [1.82, 2.24) is 0 Å². The van der Waals surface area contributed by atoms with Gasteiger partial charge in [0.25, 0.3) is 0 Å². The first-order valence-corrected chi connectivity index (χ1v) is 7.86. The van der Waals surface area contributed by atoms with Crippen LogP contribution in [0.3, 0.4) is 0 Å². The fourth-order valence-electron chi connectivity index (χ4n) is 2.07. The first-order chi connectivity index (χ1) is 8.41. The first kappa shape index (κ1) is 16.7. The molecular formula is C17H33. The number of allylic oxidation sites excluding steroid dienone is 2. The van der Waals surface area contributed by atoms with E-state index in [0.29, 0.717) is 0 Å². The van der Waals surface area contributed by atoms with Crippen molar-refractivity contribution in [3.63, 3.8) is 0 Å². The molecule has 1 radical (unpaired) electrons. The van der Waals surface area contributed by atoms with Crippen LogP contribution in [0.4, 0.5) is 0 Å². The van der Waals surface area contributed by atoms with Gasteiger partial charge in [-0.2, -0.15) is 0 Å². The molecule has 0 spiro atoms. The van der Waals surface area contributed by atoms with Gasteiger partial charge in [-0.15, -0.1) is 0 Å². The first-order valence-electron chi connectivity index (χ1n) is 7.86. The molecule has 0 atom stereocenters. The highest BCUT2D eigenvalue weighted by Gasteiger charge is 1.91. The summed E-state index contributed by atoms with van der Waals surface area (Å²) in [6, 6.07) is 0. The van der Waals surface area contributed by atoms with E-state index >= 15 is 0 Å². The number of hydrogen-bond donors (Lipinski definition) is 0. The molecule has 0 N–H and O–H groups in total. The van der Waals surface area contributed by atoms with Crippen LogP contribution in [0.15, 0.2) is 12.2 Å². The van der Waals surface area contributed by atoms with Gasteiger partial charge in [-0.05, 0) is 25.7 Å². The SMILES string of the molecule is [CH2]CCC/C=C\CCCCCCCCCCC. The lowest BCUT2D eigenvalue weighted by atomic mass is 10.1. The molecule has 101 valence electrons. The average molecular weight is 237 g/mol. The maximum Gasteiger partial charge on any atom is -0.0351 e. The van der Waals surface area contributed by atoms with Gasteiger partial charge in [0.1, 0.15) is 0 Å². The van der Waals surface area contributed by atoms with Crippen molar-refractivity contribution < 1.29 is 0 Å². The van der Waals surface area contributed by atoms with Crippen molar-refractivity contribution in [3.05, 3.63) is 19.1 Å². The van der Waals surface area contributed by atoms with E-state index in [0.717, 1.165) is 6.42 Å². The Morgan fingerprint density at radius 1 is 0.647 bits per heavy atom. The minimum Gasteiger partial charge on any atom is -0.0885 e. The Morgan fingerprint density at radius 3 is 1.65 bits per heavy atom. The molecule has 0 saturated carbocycles. The maximum absolute atomic E-state index is 3.85. The van der Waals surface area contributed by atoms with Crippen LogP contribution in [0.1, 0.15) is 90.4 Å². The van der Waals surface area contributed by atoms with Gasteiger partial charge < -0.3 is 0 Å². The summed E-state index contributed by atoms with van der Waals surface area (Å²) in [7, 11) is 0. The topological polar surface area (TPSA) is 0 Å². The summed E-state index contributed by atoms with van der Waals surface area (Å²) in [5.74, 6) is 0. The van der Waals surface area contributed by atoms with Gasteiger partial charge in [-0.1, -0.05) is 83.8 Å². The molecule has 0 aromatic rings. The van der Waals surface area contributed by atoms with Crippen LogP contribution < -0.4 is 0 Å². The molecule has 0 unspecified atom stereocenters. The predicted octanol–water partition coefficient (Wildman–Crippen LogP) is 6.47. The minimum atomic E-state index is 1.07. The Labute approximate surface area is 110 Å². The highest BCUT2D eigenvalue weighted by molar-refractivity contribution is 4.81. The van der Waals surface area contributed by atoms with Crippen LogP contribution in [0.2, 0.25) is 0 Å². The predicted molar refractivity (Wildman–Crippen MR) is 80.2 cm³/mol. The van der Waals surface area contributed by atoms with E-state index in [1.807, 2.05) is 0 Å². The van der Waals surface area contributed by atoms with Crippen LogP contribution in [0.5, 0.6) is 0 Å². The van der Waals surface area contributed by atoms with Crippen LogP contribution in [-0.2, 0) is 0 Å². The molecular weight excluding hydrogens is 204 g/mol. The molecule has 0 rings (SSSR count). The van der Waals surface area contributed by atoms with Gasteiger partial charge in [0.15, 0.2) is 0 Å². The van der Waals surface area contributed by atoms with Crippen LogP contribution in [0.25, 0.3) is 0 Å². The smallest absolute Gasteiger partial charge is 0.0351 e. The summed E-state index contributed by atoms with van der Waals surface area (Å²) in [4.78, 5) is 0. The van der Waals surface area contributed by atoms with E-state index in [-0.39, 0.29) is 0 Å². The third-order valence-corrected chi connectivity index (χ3v) is 3.26. The molecule has 0 aliphatic rings. The molecule has 0 aliphatic carbocycles. The lowest BCUT2D eigenvalue weighted by Crippen LogP contribution is -1.80. The van der Waals surface area contributed by atoms with E-state index < -0.39 is 0 Å². The fraction of sp³-hybridized carbons (Fsp3) is 0.824. The van der Waals surface area contributed by atoms with Gasteiger partial charge in [-0.25, -0.2) is 0 Å². The van der Waals surface area contributed by atoms with Crippen molar-refractivity contribution in [2.24, 2.45) is 0 Å². The highest BCUT2D eigenvalue weighted by Crippen LogP contribution is 2.10. The third-order valence-electron chi connectivity index (χ3n) is 3.26. The van der Waals surface area contributed by atoms with Crippen LogP contribution in [0, 0.1) is 6.92 Å². The van der Waals surface area contributed by atoms with Gasteiger partial charge in [0.2, 0.25) is 0 Å². The fourth-order valence-corrected chi connectivity index (χ4v) is 2.07. The Hall–Kier alpha value is -0.260. The lowest BCUT2D eigenvalue weighted by Gasteiger charge is -2.00. The standard InChI is InChI=1S/C17H33/c1-3-5-7-9-11-13-15-17-16-14-12-10-8-6-4-2/h9,11H,1,3-8,10,12-17H2,2H3/b11-9-. The molecule has 17 heavy (non-hydrogen) atoms. The van der Waals surface area contributed by atoms with Crippen LogP contribution >= 0.6 is 0 Å². The average Bonchev–Trinajstić information content (AvgIpc) is 2.35. The second-order valence-corrected chi connectivity index (χ2v) is 5.08. The molecule has 0 aromatic carbocycles. The number of hydrogen-bond acceptors (Lipinski definition) is 0. The van der Waals surface area contributed by atoms with Gasteiger partial charge >= 0.3 is 0 Å². The molecule has 0 fully saturated rings. The van der Waals surface area contributed by atoms with E-state index in [4.69, 9.17) is 0 Å². The monoisotopic (exact) mass is 237 g/mol. The van der Waals surface area contributed by atoms with E-state index in [1.165, 1.54) is 77.0 Å². The lowest BCUT2D eigenvalue weighted by molar-refractivity contribution is 0.566. The Bertz CT molecular complexity index is 146. The van der Waals surface area contributed by atoms with E-state index in [1.54, 1.807) is 0 Å². The second kappa shape index (κ2) is 15.7. The summed E-state index contributed by atoms with van der Waals surface area (Å²) < 4.78 is 0. The molecule has 0 bridgehead atoms. The summed E-state index contributed by atoms with van der Waals surface area (Å²) in [5.41, 5.74) is 0. The zero-order chi connectivity index (χ0) is 12.6. The van der Waals surface area contributed by atoms with Crippen molar-refractivity contribution >= 4 is 0 Å². The number of rotatable bonds is 13. The molecule has 0 heteroatoms. The summed E-state index contributed by atoms with van der Waals surface area (Å²) in [6.45, 7) is 6.13. The Balaban J connectivity index is 2.96. The third kappa shape index (κ3) is 15.7. The Morgan fingerprint density at radius 2 is 1.12 bits per heavy atom. The summed E-state index contributed by atoms with van der Waals surface area (Å²) in [5, 5.41) is 0. The largest absolute Gasteiger partial charge is 0.0885 e. The zero-order valence-corrected chi connectivity index (χ0v) is 12.1. The quantitative estimate of drug-likeness (QED) is 0.254. The maximum atomic E-state index is 3.85. The molecule has 0 aromatic heterocycles. The molecule has 0 saturated heterocycles. The number of unbranched alkanes of at least 4 members (excludes halogenated alkanes) is 11. The van der Waals surface area contributed by atoms with Gasteiger partial charge in [-0.3, -0.25) is 0 Å².